The van der Waals surface area contributed by atoms with Crippen molar-refractivity contribution in [2.75, 3.05) is 32.8 Å². The maximum atomic E-state index is 13.7. The molecule has 0 spiro atoms. The number of carbonyl (C=O) groups excluding carboxylic acids is 2. The lowest BCUT2D eigenvalue weighted by atomic mass is 9.78. The van der Waals surface area contributed by atoms with Gasteiger partial charge in [-0.2, -0.15) is 4.31 Å². The largest absolute Gasteiger partial charge is 0.486 e. The Morgan fingerprint density at radius 3 is 2.54 bits per heavy atom. The number of hydrogen-bond acceptors (Lipinski definition) is 6. The monoisotopic (exact) mass is 561 g/mol. The molecule has 5 rings (SSSR count). The van der Waals surface area contributed by atoms with Crippen molar-refractivity contribution in [1.29, 1.82) is 0 Å². The standard InChI is InChI=1S/C29H43N3O6S/c1-19(2)24-9-7-20(3)13-29(34)32-17-21-14-22(25(32)5-4-6-28(33)30-24)18-31(16-21)39(35,36)23-8-10-26-27(15-23)38-12-11-37-26/h8,10,15,19-22,24-25H,4-7,9,11-14,16-18H2,1-3H3,(H,30,33)/t20-,21+,22-,24+,25+/m1/s1. The molecule has 10 heteroatoms. The van der Waals surface area contributed by atoms with E-state index < -0.39 is 10.0 Å². The molecule has 2 amide bonds. The van der Waals surface area contributed by atoms with E-state index in [2.05, 4.69) is 26.1 Å². The zero-order valence-electron chi connectivity index (χ0n) is 23.4. The summed E-state index contributed by atoms with van der Waals surface area (Å²) in [5.41, 5.74) is 0. The molecule has 0 aromatic heterocycles. The topological polar surface area (TPSA) is 105 Å². The first-order valence-electron chi connectivity index (χ1n) is 14.6. The SMILES string of the molecule is CC(C)[C@@H]1CC[C@@H](C)CC(=O)N2C[C@H]3C[C@H](CN(S(=O)(=O)c4ccc5c(c4)OCCO5)C3)[C@@H]2CCCC(=O)N1. The number of sulfonamides is 1. The van der Waals surface area contributed by atoms with Crippen LogP contribution in [0.15, 0.2) is 23.1 Å². The smallest absolute Gasteiger partial charge is 0.243 e. The molecule has 2 bridgehead atoms. The first-order chi connectivity index (χ1) is 18.6. The van der Waals surface area contributed by atoms with Crippen molar-refractivity contribution in [3.8, 4) is 11.5 Å². The second-order valence-electron chi connectivity index (χ2n) is 12.3. The highest BCUT2D eigenvalue weighted by atomic mass is 32.2. The fraction of sp³-hybridized carbons (Fsp3) is 0.724. The van der Waals surface area contributed by atoms with Crippen LogP contribution in [-0.2, 0) is 19.6 Å². The van der Waals surface area contributed by atoms with Crippen LogP contribution in [-0.4, -0.2) is 74.4 Å². The van der Waals surface area contributed by atoms with Gasteiger partial charge in [-0.3, -0.25) is 9.59 Å². The van der Waals surface area contributed by atoms with Crippen molar-refractivity contribution in [2.45, 2.75) is 82.7 Å². The average molecular weight is 562 g/mol. The average Bonchev–Trinajstić information content (AvgIpc) is 2.91. The number of benzene rings is 1. The molecule has 1 aromatic carbocycles. The van der Waals surface area contributed by atoms with Crippen molar-refractivity contribution >= 4 is 21.8 Å². The maximum absolute atomic E-state index is 13.7. The van der Waals surface area contributed by atoms with Gasteiger partial charge in [0.25, 0.3) is 0 Å². The van der Waals surface area contributed by atoms with Gasteiger partial charge in [-0.1, -0.05) is 20.8 Å². The van der Waals surface area contributed by atoms with Crippen LogP contribution in [0.4, 0.5) is 0 Å². The van der Waals surface area contributed by atoms with Crippen LogP contribution >= 0.6 is 0 Å². The Balaban J connectivity index is 1.35. The third kappa shape index (κ3) is 6.21. The highest BCUT2D eigenvalue weighted by Crippen LogP contribution is 2.39. The van der Waals surface area contributed by atoms with Gasteiger partial charge in [0.2, 0.25) is 21.8 Å². The molecular weight excluding hydrogens is 518 g/mol. The predicted octanol–water partition coefficient (Wildman–Crippen LogP) is 3.43. The zero-order valence-corrected chi connectivity index (χ0v) is 24.3. The lowest BCUT2D eigenvalue weighted by Gasteiger charge is -2.50. The molecule has 0 saturated carbocycles. The van der Waals surface area contributed by atoms with Crippen LogP contribution in [0.1, 0.15) is 65.7 Å². The summed E-state index contributed by atoms with van der Waals surface area (Å²) in [4.78, 5) is 28.6. The van der Waals surface area contributed by atoms with Gasteiger partial charge in [-0.05, 0) is 67.9 Å². The second-order valence-corrected chi connectivity index (χ2v) is 14.2. The fourth-order valence-corrected chi connectivity index (χ4v) is 8.38. The van der Waals surface area contributed by atoms with Crippen molar-refractivity contribution < 1.29 is 27.5 Å². The summed E-state index contributed by atoms with van der Waals surface area (Å²) in [6.07, 6.45) is 4.96. The van der Waals surface area contributed by atoms with Crippen LogP contribution in [0.2, 0.25) is 0 Å². The number of amides is 2. The van der Waals surface area contributed by atoms with Gasteiger partial charge >= 0.3 is 0 Å². The Morgan fingerprint density at radius 1 is 1.00 bits per heavy atom. The van der Waals surface area contributed by atoms with Crippen molar-refractivity contribution in [3.63, 3.8) is 0 Å². The molecule has 3 saturated heterocycles. The molecule has 4 aliphatic rings. The normalized spacial score (nSPS) is 31.0. The lowest BCUT2D eigenvalue weighted by Crippen LogP contribution is -2.60. The fourth-order valence-electron chi connectivity index (χ4n) is 6.79. The Bertz CT molecular complexity index is 1170. The molecule has 39 heavy (non-hydrogen) atoms. The molecule has 1 aromatic rings. The summed E-state index contributed by atoms with van der Waals surface area (Å²) < 4.78 is 40.3. The van der Waals surface area contributed by atoms with Gasteiger partial charge in [-0.15, -0.1) is 0 Å². The van der Waals surface area contributed by atoms with Gasteiger partial charge in [0.15, 0.2) is 11.5 Å². The van der Waals surface area contributed by atoms with E-state index >= 15 is 0 Å². The molecule has 0 unspecified atom stereocenters. The molecule has 1 N–H and O–H groups in total. The van der Waals surface area contributed by atoms with Crippen LogP contribution in [0, 0.1) is 23.7 Å². The van der Waals surface area contributed by atoms with E-state index in [0.717, 1.165) is 19.3 Å². The first-order valence-corrected chi connectivity index (χ1v) is 16.0. The Labute approximate surface area is 232 Å². The van der Waals surface area contributed by atoms with Gasteiger partial charge in [0, 0.05) is 50.6 Å². The number of rotatable bonds is 3. The summed E-state index contributed by atoms with van der Waals surface area (Å²) in [6, 6.07) is 4.88. The Hall–Kier alpha value is -2.33. The van der Waals surface area contributed by atoms with E-state index in [1.54, 1.807) is 22.5 Å². The quantitative estimate of drug-likeness (QED) is 0.606. The molecular formula is C29H43N3O6S. The van der Waals surface area contributed by atoms with E-state index in [4.69, 9.17) is 9.47 Å². The molecule has 0 radical (unpaired) electrons. The van der Waals surface area contributed by atoms with Gasteiger partial charge < -0.3 is 19.7 Å². The van der Waals surface area contributed by atoms with Crippen LogP contribution in [0.25, 0.3) is 0 Å². The molecule has 3 fully saturated rings. The van der Waals surface area contributed by atoms with E-state index in [9.17, 15) is 18.0 Å². The third-order valence-electron chi connectivity index (χ3n) is 8.96. The van der Waals surface area contributed by atoms with Crippen molar-refractivity contribution in [1.82, 2.24) is 14.5 Å². The third-order valence-corrected chi connectivity index (χ3v) is 10.8. The van der Waals surface area contributed by atoms with Crippen LogP contribution in [0.3, 0.4) is 0 Å². The lowest BCUT2D eigenvalue weighted by molar-refractivity contribution is -0.141. The molecule has 9 nitrogen and oxygen atoms in total. The van der Waals surface area contributed by atoms with Gasteiger partial charge in [-0.25, -0.2) is 8.42 Å². The van der Waals surface area contributed by atoms with Gasteiger partial charge in [0.1, 0.15) is 13.2 Å². The van der Waals surface area contributed by atoms with Crippen molar-refractivity contribution in [2.24, 2.45) is 23.7 Å². The minimum Gasteiger partial charge on any atom is -0.486 e. The summed E-state index contributed by atoms with van der Waals surface area (Å²) in [6.45, 7) is 8.57. The minimum absolute atomic E-state index is 0.0420. The first kappa shape index (κ1) is 28.2. The highest BCUT2D eigenvalue weighted by Gasteiger charge is 2.45. The van der Waals surface area contributed by atoms with E-state index in [0.29, 0.717) is 75.9 Å². The predicted molar refractivity (Wildman–Crippen MR) is 147 cm³/mol. The minimum atomic E-state index is -3.74. The Morgan fingerprint density at radius 2 is 1.77 bits per heavy atom. The summed E-state index contributed by atoms with van der Waals surface area (Å²) in [7, 11) is -3.74. The molecule has 216 valence electrons. The highest BCUT2D eigenvalue weighted by molar-refractivity contribution is 7.89. The number of ether oxygens (including phenoxy) is 2. The summed E-state index contributed by atoms with van der Waals surface area (Å²) in [5, 5.41) is 3.22. The van der Waals surface area contributed by atoms with E-state index in [1.165, 1.54) is 0 Å². The number of carbonyl (C=O) groups is 2. The molecule has 5 atom stereocenters. The van der Waals surface area contributed by atoms with E-state index in [-0.39, 0.29) is 46.5 Å². The summed E-state index contributed by atoms with van der Waals surface area (Å²) >= 11 is 0. The van der Waals surface area contributed by atoms with E-state index in [1.807, 2.05) is 4.90 Å². The van der Waals surface area contributed by atoms with Crippen LogP contribution < -0.4 is 14.8 Å². The summed E-state index contributed by atoms with van der Waals surface area (Å²) in [5.74, 6) is 1.96. The molecule has 4 aliphatic heterocycles. The number of nitrogens with one attached hydrogen (secondary N) is 1. The van der Waals surface area contributed by atoms with Crippen molar-refractivity contribution in [3.05, 3.63) is 18.2 Å². The molecule has 0 aliphatic carbocycles. The van der Waals surface area contributed by atoms with Crippen LogP contribution in [0.5, 0.6) is 11.5 Å². The number of fused-ring (bicyclic) bond motifs is 5. The zero-order chi connectivity index (χ0) is 27.7. The number of hydrogen-bond donors (Lipinski definition) is 1. The Kier molecular flexibility index (Phi) is 8.42. The maximum Gasteiger partial charge on any atom is 0.243 e. The van der Waals surface area contributed by atoms with Gasteiger partial charge in [0.05, 0.1) is 4.90 Å². The number of nitrogens with zero attached hydrogens (tertiary/aromatic N) is 2. The second kappa shape index (κ2) is 11.6. The molecule has 4 heterocycles. The number of piperidine rings is 2.